The molecule has 0 aliphatic heterocycles. The van der Waals surface area contributed by atoms with Crippen LogP contribution in [-0.4, -0.2) is 30.2 Å². The molecule has 0 aromatic heterocycles. The van der Waals surface area contributed by atoms with E-state index in [1.54, 1.807) is 24.3 Å². The summed E-state index contributed by atoms with van der Waals surface area (Å²) in [6.07, 6.45) is 1.86. The Morgan fingerprint density at radius 2 is 1.89 bits per heavy atom. The van der Waals surface area contributed by atoms with E-state index in [-0.39, 0.29) is 6.54 Å². The average molecular weight is 262 g/mol. The molecule has 0 unspecified atom stereocenters. The van der Waals surface area contributed by atoms with E-state index in [1.165, 1.54) is 4.90 Å². The first-order chi connectivity index (χ1) is 9.00. The number of benzene rings is 1. The normalized spacial score (nSPS) is 9.58. The van der Waals surface area contributed by atoms with Gasteiger partial charge in [0.15, 0.2) is 0 Å². The fraction of sp³-hybridized carbons (Fsp3) is 0.286. The number of rotatable bonds is 5. The zero-order valence-corrected chi connectivity index (χ0v) is 11.1. The van der Waals surface area contributed by atoms with E-state index < -0.39 is 12.0 Å². The first kappa shape index (κ1) is 14.8. The third-order valence-electron chi connectivity index (χ3n) is 2.37. The molecule has 2 amide bonds. The smallest absolute Gasteiger partial charge is 0.323 e. The Kier molecular flexibility index (Phi) is 5.60. The number of hydrogen-bond donors (Lipinski definition) is 2. The summed E-state index contributed by atoms with van der Waals surface area (Å²) in [6.45, 7) is 3.87. The van der Waals surface area contributed by atoms with Gasteiger partial charge in [-0.2, -0.15) is 0 Å². The Hall–Kier alpha value is -2.30. The molecule has 0 saturated heterocycles. The molecule has 0 saturated carbocycles. The molecule has 0 bridgehead atoms. The molecule has 19 heavy (non-hydrogen) atoms. The van der Waals surface area contributed by atoms with Gasteiger partial charge in [0.1, 0.15) is 6.54 Å². The molecule has 0 fully saturated rings. The molecule has 0 spiro atoms. The minimum atomic E-state index is -1.05. The minimum Gasteiger partial charge on any atom is -0.480 e. The lowest BCUT2D eigenvalue weighted by molar-refractivity contribution is -0.135. The molecule has 1 aromatic rings. The highest BCUT2D eigenvalue weighted by Gasteiger charge is 2.17. The van der Waals surface area contributed by atoms with Crippen LogP contribution in [0.2, 0.25) is 0 Å². The van der Waals surface area contributed by atoms with E-state index in [1.807, 2.05) is 26.0 Å². The summed E-state index contributed by atoms with van der Waals surface area (Å²) >= 11 is 0. The number of nitrogens with one attached hydrogen (secondary N) is 1. The molecule has 102 valence electrons. The molecular weight excluding hydrogens is 244 g/mol. The predicted molar refractivity (Wildman–Crippen MR) is 74.3 cm³/mol. The van der Waals surface area contributed by atoms with Gasteiger partial charge in [-0.05, 0) is 26.0 Å². The lowest BCUT2D eigenvalue weighted by Gasteiger charge is -2.20. The number of aliphatic carboxylic acids is 1. The monoisotopic (exact) mass is 262 g/mol. The quantitative estimate of drug-likeness (QED) is 0.800. The van der Waals surface area contributed by atoms with Crippen molar-refractivity contribution in [2.75, 3.05) is 18.0 Å². The van der Waals surface area contributed by atoms with Crippen molar-refractivity contribution < 1.29 is 14.7 Å². The topological polar surface area (TPSA) is 69.6 Å². The van der Waals surface area contributed by atoms with Crippen molar-refractivity contribution >= 4 is 17.7 Å². The zero-order valence-electron chi connectivity index (χ0n) is 11.1. The summed E-state index contributed by atoms with van der Waals surface area (Å²) < 4.78 is 0. The summed E-state index contributed by atoms with van der Waals surface area (Å²) in [5.74, 6) is -1.05. The van der Waals surface area contributed by atoms with Crippen molar-refractivity contribution in [1.82, 2.24) is 5.32 Å². The summed E-state index contributed by atoms with van der Waals surface area (Å²) in [5.41, 5.74) is 1.64. The molecule has 0 aliphatic carbocycles. The number of allylic oxidation sites excluding steroid dienone is 1. The van der Waals surface area contributed by atoms with E-state index in [2.05, 4.69) is 5.32 Å². The highest BCUT2D eigenvalue weighted by molar-refractivity contribution is 5.96. The van der Waals surface area contributed by atoms with Crippen LogP contribution in [0.3, 0.4) is 0 Å². The van der Waals surface area contributed by atoms with Crippen LogP contribution in [0.25, 0.3) is 0 Å². The van der Waals surface area contributed by atoms with Gasteiger partial charge in [0.2, 0.25) is 0 Å². The maximum atomic E-state index is 12.0. The molecule has 0 heterocycles. The summed E-state index contributed by atoms with van der Waals surface area (Å²) in [4.78, 5) is 24.0. The van der Waals surface area contributed by atoms with E-state index in [9.17, 15) is 9.59 Å². The maximum Gasteiger partial charge on any atom is 0.323 e. The van der Waals surface area contributed by atoms with Gasteiger partial charge < -0.3 is 10.4 Å². The number of carbonyl (C=O) groups excluding carboxylic acids is 1. The van der Waals surface area contributed by atoms with Gasteiger partial charge in [0.25, 0.3) is 0 Å². The number of amides is 2. The highest BCUT2D eigenvalue weighted by Crippen LogP contribution is 2.12. The maximum absolute atomic E-state index is 12.0. The van der Waals surface area contributed by atoms with Gasteiger partial charge in [-0.15, -0.1) is 0 Å². The summed E-state index contributed by atoms with van der Waals surface area (Å²) in [5, 5.41) is 11.5. The summed E-state index contributed by atoms with van der Waals surface area (Å²) in [6, 6.07) is 8.29. The number of carboxylic acid groups (broad SMARTS) is 1. The molecule has 5 nitrogen and oxygen atoms in total. The largest absolute Gasteiger partial charge is 0.480 e. The molecule has 5 heteroatoms. The third-order valence-corrected chi connectivity index (χ3v) is 2.37. The fourth-order valence-corrected chi connectivity index (χ4v) is 1.46. The molecular formula is C14H18N2O3. The lowest BCUT2D eigenvalue weighted by Crippen LogP contribution is -2.43. The van der Waals surface area contributed by atoms with Crippen LogP contribution in [0.4, 0.5) is 10.5 Å². The van der Waals surface area contributed by atoms with Crippen LogP contribution in [-0.2, 0) is 4.79 Å². The third kappa shape index (κ3) is 5.25. The Morgan fingerprint density at radius 1 is 1.26 bits per heavy atom. The zero-order chi connectivity index (χ0) is 14.3. The van der Waals surface area contributed by atoms with Gasteiger partial charge in [-0.3, -0.25) is 9.69 Å². The van der Waals surface area contributed by atoms with E-state index >= 15 is 0 Å². The average Bonchev–Trinajstić information content (AvgIpc) is 2.36. The Labute approximate surface area is 112 Å². The number of carboxylic acids is 1. The van der Waals surface area contributed by atoms with E-state index in [0.29, 0.717) is 12.2 Å². The van der Waals surface area contributed by atoms with Gasteiger partial charge in [0, 0.05) is 12.2 Å². The van der Waals surface area contributed by atoms with Gasteiger partial charge in [-0.25, -0.2) is 4.79 Å². The predicted octanol–water partition coefficient (Wildman–Crippen LogP) is 2.25. The fourth-order valence-electron chi connectivity index (χ4n) is 1.46. The van der Waals surface area contributed by atoms with Crippen LogP contribution < -0.4 is 10.2 Å². The Morgan fingerprint density at radius 3 is 2.42 bits per heavy atom. The number of anilines is 1. The Bertz CT molecular complexity index is 465. The molecule has 0 radical (unpaired) electrons. The molecule has 1 rings (SSSR count). The van der Waals surface area contributed by atoms with Crippen molar-refractivity contribution in [2.45, 2.75) is 13.8 Å². The van der Waals surface area contributed by atoms with Gasteiger partial charge in [-0.1, -0.05) is 29.8 Å². The standard InChI is InChI=1S/C14H18N2O3/c1-11(2)8-9-15-14(19)16(10-13(17)18)12-6-4-3-5-7-12/h3-8H,9-10H2,1-2H3,(H,15,19)(H,17,18). The van der Waals surface area contributed by atoms with E-state index in [0.717, 1.165) is 5.57 Å². The van der Waals surface area contributed by atoms with Crippen molar-refractivity contribution in [2.24, 2.45) is 0 Å². The van der Waals surface area contributed by atoms with Crippen molar-refractivity contribution in [1.29, 1.82) is 0 Å². The lowest BCUT2D eigenvalue weighted by atomic mass is 10.3. The van der Waals surface area contributed by atoms with Crippen LogP contribution in [0.1, 0.15) is 13.8 Å². The first-order valence-corrected chi connectivity index (χ1v) is 5.96. The molecule has 1 aromatic carbocycles. The van der Waals surface area contributed by atoms with Crippen molar-refractivity contribution in [3.8, 4) is 0 Å². The second-order valence-electron chi connectivity index (χ2n) is 4.28. The number of carbonyl (C=O) groups is 2. The molecule has 0 atom stereocenters. The number of nitrogens with zero attached hydrogens (tertiary/aromatic N) is 1. The van der Waals surface area contributed by atoms with Crippen LogP contribution in [0.5, 0.6) is 0 Å². The SMILES string of the molecule is CC(C)=CCNC(=O)N(CC(=O)O)c1ccccc1. The van der Waals surface area contributed by atoms with Crippen LogP contribution in [0.15, 0.2) is 42.0 Å². The molecule has 2 N–H and O–H groups in total. The van der Waals surface area contributed by atoms with E-state index in [4.69, 9.17) is 5.11 Å². The number of para-hydroxylation sites is 1. The number of urea groups is 1. The second kappa shape index (κ2) is 7.20. The van der Waals surface area contributed by atoms with Gasteiger partial charge >= 0.3 is 12.0 Å². The van der Waals surface area contributed by atoms with Crippen LogP contribution >= 0.6 is 0 Å². The second-order valence-corrected chi connectivity index (χ2v) is 4.28. The number of hydrogen-bond acceptors (Lipinski definition) is 2. The Balaban J connectivity index is 2.77. The van der Waals surface area contributed by atoms with Crippen molar-refractivity contribution in [3.63, 3.8) is 0 Å². The highest BCUT2D eigenvalue weighted by atomic mass is 16.4. The van der Waals surface area contributed by atoms with Crippen LogP contribution in [0, 0.1) is 0 Å². The van der Waals surface area contributed by atoms with Gasteiger partial charge in [0.05, 0.1) is 0 Å². The van der Waals surface area contributed by atoms with Crippen molar-refractivity contribution in [3.05, 3.63) is 42.0 Å². The first-order valence-electron chi connectivity index (χ1n) is 5.96. The minimum absolute atomic E-state index is 0.370. The molecule has 0 aliphatic rings. The summed E-state index contributed by atoms with van der Waals surface area (Å²) in [7, 11) is 0.